The third-order valence-corrected chi connectivity index (χ3v) is 6.53. The number of hydrogen-bond acceptors (Lipinski definition) is 2. The summed E-state index contributed by atoms with van der Waals surface area (Å²) in [6.07, 6.45) is 1.31. The molecule has 0 spiro atoms. The number of carbonyl (C=O) groups is 1. The van der Waals surface area contributed by atoms with Crippen LogP contribution in [0.3, 0.4) is 0 Å². The van der Waals surface area contributed by atoms with E-state index in [0.29, 0.717) is 13.0 Å². The molecule has 4 aromatic carbocycles. The van der Waals surface area contributed by atoms with Gasteiger partial charge in [0.2, 0.25) is 0 Å². The molecule has 34 heavy (non-hydrogen) atoms. The molecular weight excluding hydrogens is 420 g/mol. The van der Waals surface area contributed by atoms with Crippen LogP contribution in [-0.2, 0) is 10.2 Å². The zero-order valence-corrected chi connectivity index (χ0v) is 19.4. The van der Waals surface area contributed by atoms with Crippen LogP contribution in [0.5, 0.6) is 5.75 Å². The lowest BCUT2D eigenvalue weighted by Crippen LogP contribution is -2.31. The third-order valence-electron chi connectivity index (χ3n) is 6.53. The molecule has 0 saturated carbocycles. The van der Waals surface area contributed by atoms with Crippen LogP contribution in [-0.4, -0.2) is 17.7 Å². The van der Waals surface area contributed by atoms with E-state index in [1.54, 1.807) is 0 Å². The molecule has 0 amide bonds. The minimum absolute atomic E-state index is 0.361. The maximum atomic E-state index is 11.5. The Hall–Kier alpha value is -3.85. The van der Waals surface area contributed by atoms with E-state index in [9.17, 15) is 9.90 Å². The zero-order chi connectivity index (χ0) is 23.8. The fraction of sp³-hybridized carbons (Fsp3) is 0.194. The topological polar surface area (TPSA) is 46.5 Å². The molecule has 0 aromatic heterocycles. The average Bonchev–Trinajstić information content (AvgIpc) is 2.89. The van der Waals surface area contributed by atoms with Crippen molar-refractivity contribution >= 4 is 5.97 Å². The number of hydrogen-bond donors (Lipinski definition) is 1. The predicted molar refractivity (Wildman–Crippen MR) is 136 cm³/mol. The maximum absolute atomic E-state index is 11.5. The Morgan fingerprint density at radius 2 is 1.18 bits per heavy atom. The van der Waals surface area contributed by atoms with Gasteiger partial charge in [-0.3, -0.25) is 4.79 Å². The van der Waals surface area contributed by atoms with Gasteiger partial charge in [-0.05, 0) is 47.2 Å². The SMILES string of the molecule is CCC(C(=O)O)c1ccc(OCCC(c2ccccc2)(c2ccccc2)c2ccccc2)cc1. The van der Waals surface area contributed by atoms with Crippen molar-refractivity contribution in [2.45, 2.75) is 31.1 Å². The first-order valence-electron chi connectivity index (χ1n) is 11.8. The second-order valence-electron chi connectivity index (χ2n) is 8.47. The van der Waals surface area contributed by atoms with Crippen LogP contribution in [0.15, 0.2) is 115 Å². The van der Waals surface area contributed by atoms with Crippen LogP contribution >= 0.6 is 0 Å². The number of benzene rings is 4. The van der Waals surface area contributed by atoms with Crippen molar-refractivity contribution in [3.63, 3.8) is 0 Å². The number of rotatable bonds is 10. The van der Waals surface area contributed by atoms with E-state index in [2.05, 4.69) is 72.8 Å². The summed E-state index contributed by atoms with van der Waals surface area (Å²) in [6, 6.07) is 39.2. The quantitative estimate of drug-likeness (QED) is 0.263. The zero-order valence-electron chi connectivity index (χ0n) is 19.4. The van der Waals surface area contributed by atoms with E-state index in [1.165, 1.54) is 16.7 Å². The van der Waals surface area contributed by atoms with Crippen molar-refractivity contribution < 1.29 is 14.6 Å². The number of ether oxygens (including phenoxy) is 1. The highest BCUT2D eigenvalue weighted by Crippen LogP contribution is 2.42. The average molecular weight is 451 g/mol. The van der Waals surface area contributed by atoms with Gasteiger partial charge in [0.05, 0.1) is 12.5 Å². The molecule has 0 bridgehead atoms. The van der Waals surface area contributed by atoms with Crippen molar-refractivity contribution in [3.05, 3.63) is 138 Å². The molecule has 1 atom stereocenters. The number of carboxylic acids is 1. The molecule has 0 saturated heterocycles. The van der Waals surface area contributed by atoms with E-state index >= 15 is 0 Å². The normalized spacial score (nSPS) is 12.1. The Morgan fingerprint density at radius 3 is 1.56 bits per heavy atom. The van der Waals surface area contributed by atoms with Crippen LogP contribution in [0, 0.1) is 0 Å². The second-order valence-corrected chi connectivity index (χ2v) is 8.47. The first kappa shape index (κ1) is 23.3. The van der Waals surface area contributed by atoms with Gasteiger partial charge in [0.15, 0.2) is 0 Å². The molecule has 4 aromatic rings. The van der Waals surface area contributed by atoms with Gasteiger partial charge < -0.3 is 9.84 Å². The lowest BCUT2D eigenvalue weighted by Gasteiger charge is -2.36. The molecule has 3 nitrogen and oxygen atoms in total. The molecule has 3 heteroatoms. The summed E-state index contributed by atoms with van der Waals surface area (Å²) < 4.78 is 6.21. The van der Waals surface area contributed by atoms with Crippen molar-refractivity contribution in [1.29, 1.82) is 0 Å². The summed E-state index contributed by atoms with van der Waals surface area (Å²) >= 11 is 0. The van der Waals surface area contributed by atoms with E-state index in [-0.39, 0.29) is 5.41 Å². The Morgan fingerprint density at radius 1 is 0.735 bits per heavy atom. The predicted octanol–water partition coefficient (Wildman–Crippen LogP) is 7.07. The smallest absolute Gasteiger partial charge is 0.310 e. The van der Waals surface area contributed by atoms with E-state index < -0.39 is 11.9 Å². The highest BCUT2D eigenvalue weighted by Gasteiger charge is 2.36. The van der Waals surface area contributed by atoms with Crippen LogP contribution in [0.25, 0.3) is 0 Å². The summed E-state index contributed by atoms with van der Waals surface area (Å²) in [6.45, 7) is 2.40. The Bertz CT molecular complexity index is 1070. The number of aliphatic carboxylic acids is 1. The van der Waals surface area contributed by atoms with Crippen molar-refractivity contribution in [3.8, 4) is 5.75 Å². The minimum atomic E-state index is -0.797. The van der Waals surface area contributed by atoms with Gasteiger partial charge in [-0.2, -0.15) is 0 Å². The van der Waals surface area contributed by atoms with Gasteiger partial charge >= 0.3 is 5.97 Å². The Balaban J connectivity index is 1.64. The summed E-state index contributed by atoms with van der Waals surface area (Å²) in [7, 11) is 0. The molecule has 0 radical (unpaired) electrons. The monoisotopic (exact) mass is 450 g/mol. The molecule has 0 aliphatic rings. The standard InChI is InChI=1S/C31H30O3/c1-2-29(30(32)33)24-18-20-28(21-19-24)34-23-22-31(25-12-6-3-7-13-25,26-14-8-4-9-15-26)27-16-10-5-11-17-27/h3-21,29H,2,22-23H2,1H3,(H,32,33). The largest absolute Gasteiger partial charge is 0.494 e. The Kier molecular flexibility index (Phi) is 7.44. The maximum Gasteiger partial charge on any atom is 0.310 e. The highest BCUT2D eigenvalue weighted by atomic mass is 16.5. The molecule has 4 rings (SSSR count). The van der Waals surface area contributed by atoms with Gasteiger partial charge in [0, 0.05) is 5.41 Å². The molecule has 0 aliphatic heterocycles. The van der Waals surface area contributed by atoms with Gasteiger partial charge in [0.1, 0.15) is 5.75 Å². The number of carboxylic acid groups (broad SMARTS) is 1. The lowest BCUT2D eigenvalue weighted by atomic mass is 9.67. The third kappa shape index (κ3) is 4.89. The fourth-order valence-corrected chi connectivity index (χ4v) is 4.77. The molecule has 1 unspecified atom stereocenters. The minimum Gasteiger partial charge on any atom is -0.494 e. The van der Waals surface area contributed by atoms with E-state index in [0.717, 1.165) is 17.7 Å². The molecule has 172 valence electrons. The second kappa shape index (κ2) is 10.8. The van der Waals surface area contributed by atoms with Gasteiger partial charge in [-0.15, -0.1) is 0 Å². The van der Waals surface area contributed by atoms with Crippen molar-refractivity contribution in [1.82, 2.24) is 0 Å². The summed E-state index contributed by atoms with van der Waals surface area (Å²) in [5, 5.41) is 9.42. The van der Waals surface area contributed by atoms with E-state index in [4.69, 9.17) is 4.74 Å². The van der Waals surface area contributed by atoms with Crippen LogP contribution < -0.4 is 4.74 Å². The summed E-state index contributed by atoms with van der Waals surface area (Å²) in [5.41, 5.74) is 4.10. The molecule has 1 N–H and O–H groups in total. The molecular formula is C31H30O3. The van der Waals surface area contributed by atoms with Gasteiger partial charge in [-0.25, -0.2) is 0 Å². The van der Waals surface area contributed by atoms with Crippen LogP contribution in [0.1, 0.15) is 47.9 Å². The molecule has 0 fully saturated rings. The van der Waals surface area contributed by atoms with E-state index in [1.807, 2.05) is 49.4 Å². The lowest BCUT2D eigenvalue weighted by molar-refractivity contribution is -0.138. The van der Waals surface area contributed by atoms with Crippen molar-refractivity contribution in [2.75, 3.05) is 6.61 Å². The van der Waals surface area contributed by atoms with Gasteiger partial charge in [0.25, 0.3) is 0 Å². The molecule has 0 heterocycles. The highest BCUT2D eigenvalue weighted by molar-refractivity contribution is 5.76. The van der Waals surface area contributed by atoms with Gasteiger partial charge in [-0.1, -0.05) is 110 Å². The van der Waals surface area contributed by atoms with Crippen LogP contribution in [0.2, 0.25) is 0 Å². The first-order chi connectivity index (χ1) is 16.6. The van der Waals surface area contributed by atoms with Crippen molar-refractivity contribution in [2.24, 2.45) is 0 Å². The van der Waals surface area contributed by atoms with Crippen LogP contribution in [0.4, 0.5) is 0 Å². The first-order valence-corrected chi connectivity index (χ1v) is 11.8. The fourth-order valence-electron chi connectivity index (χ4n) is 4.77. The molecule has 0 aliphatic carbocycles. The summed E-state index contributed by atoms with van der Waals surface area (Å²) in [4.78, 5) is 11.5. The summed E-state index contributed by atoms with van der Waals surface area (Å²) in [5.74, 6) is -0.544. The Labute approximate surface area is 201 Å².